The molecule has 21 heavy (non-hydrogen) atoms. The van der Waals surface area contributed by atoms with Gasteiger partial charge in [0.2, 0.25) is 5.76 Å². The highest BCUT2D eigenvalue weighted by molar-refractivity contribution is 9.10. The lowest BCUT2D eigenvalue weighted by Crippen LogP contribution is -2.30. The quantitative estimate of drug-likeness (QED) is 0.861. The zero-order valence-electron chi connectivity index (χ0n) is 10.9. The molecule has 0 atom stereocenters. The Bertz CT molecular complexity index is 757. The minimum Gasteiger partial charge on any atom is -0.475 e. The smallest absolute Gasteiger partial charge is 0.371 e. The van der Waals surface area contributed by atoms with E-state index >= 15 is 0 Å². The SMILES string of the molecule is CCN(c1ccncc1)S(=O)(=O)c1cc(C(=O)O)oc1Br. The van der Waals surface area contributed by atoms with Gasteiger partial charge in [0, 0.05) is 25.0 Å². The van der Waals surface area contributed by atoms with Crippen molar-refractivity contribution in [3.8, 4) is 0 Å². The van der Waals surface area contributed by atoms with Crippen LogP contribution in [0.3, 0.4) is 0 Å². The average Bonchev–Trinajstić information content (AvgIpc) is 2.83. The van der Waals surface area contributed by atoms with Crippen molar-refractivity contribution in [2.75, 3.05) is 10.8 Å². The van der Waals surface area contributed by atoms with E-state index in [0.29, 0.717) is 5.69 Å². The van der Waals surface area contributed by atoms with Gasteiger partial charge in [0.05, 0.1) is 5.69 Å². The third kappa shape index (κ3) is 2.93. The number of carboxylic acids is 1. The number of pyridine rings is 1. The lowest BCUT2D eigenvalue weighted by atomic mass is 10.4. The van der Waals surface area contributed by atoms with Crippen LogP contribution in [-0.4, -0.2) is 31.0 Å². The Morgan fingerprint density at radius 3 is 2.52 bits per heavy atom. The largest absolute Gasteiger partial charge is 0.475 e. The molecule has 1 N–H and O–H groups in total. The summed E-state index contributed by atoms with van der Waals surface area (Å²) in [6, 6.07) is 4.08. The summed E-state index contributed by atoms with van der Waals surface area (Å²) in [4.78, 5) is 14.5. The summed E-state index contributed by atoms with van der Waals surface area (Å²) in [6.07, 6.45) is 2.95. The summed E-state index contributed by atoms with van der Waals surface area (Å²) >= 11 is 2.94. The number of halogens is 1. The van der Waals surface area contributed by atoms with Crippen molar-refractivity contribution in [1.82, 2.24) is 4.98 Å². The van der Waals surface area contributed by atoms with Gasteiger partial charge in [-0.1, -0.05) is 0 Å². The molecule has 2 aromatic rings. The van der Waals surface area contributed by atoms with Crippen molar-refractivity contribution in [2.45, 2.75) is 11.8 Å². The molecule has 2 rings (SSSR count). The van der Waals surface area contributed by atoms with E-state index in [4.69, 9.17) is 9.52 Å². The first-order valence-corrected chi connectivity index (χ1v) is 8.06. The molecule has 0 fully saturated rings. The van der Waals surface area contributed by atoms with Crippen LogP contribution in [0.2, 0.25) is 0 Å². The molecule has 0 saturated carbocycles. The number of nitrogens with zero attached hydrogens (tertiary/aromatic N) is 2. The summed E-state index contributed by atoms with van der Waals surface area (Å²) in [5.74, 6) is -1.80. The molecular weight excluding hydrogens is 364 g/mol. The minimum atomic E-state index is -3.95. The van der Waals surface area contributed by atoms with Crippen LogP contribution < -0.4 is 4.31 Å². The van der Waals surface area contributed by atoms with Gasteiger partial charge in [-0.25, -0.2) is 13.2 Å². The first kappa shape index (κ1) is 15.5. The molecule has 0 aliphatic rings. The second kappa shape index (κ2) is 5.86. The number of sulfonamides is 1. The number of aromatic nitrogens is 1. The van der Waals surface area contributed by atoms with E-state index in [-0.39, 0.29) is 16.1 Å². The summed E-state index contributed by atoms with van der Waals surface area (Å²) in [7, 11) is -3.95. The molecule has 9 heteroatoms. The fourth-order valence-corrected chi connectivity index (χ4v) is 4.13. The number of hydrogen-bond acceptors (Lipinski definition) is 5. The number of hydrogen-bond donors (Lipinski definition) is 1. The van der Waals surface area contributed by atoms with E-state index in [2.05, 4.69) is 20.9 Å². The average molecular weight is 375 g/mol. The maximum absolute atomic E-state index is 12.6. The van der Waals surface area contributed by atoms with Crippen LogP contribution in [0, 0.1) is 0 Å². The maximum Gasteiger partial charge on any atom is 0.371 e. The van der Waals surface area contributed by atoms with Crippen molar-refractivity contribution in [1.29, 1.82) is 0 Å². The number of aromatic carboxylic acids is 1. The van der Waals surface area contributed by atoms with Crippen LogP contribution in [0.4, 0.5) is 5.69 Å². The predicted molar refractivity (Wildman–Crippen MR) is 77.8 cm³/mol. The molecular formula is C12H11BrN2O5S. The summed E-state index contributed by atoms with van der Waals surface area (Å²) in [6.45, 7) is 1.84. The monoisotopic (exact) mass is 374 g/mol. The number of anilines is 1. The highest BCUT2D eigenvalue weighted by Crippen LogP contribution is 2.31. The molecule has 2 heterocycles. The Balaban J connectivity index is 2.52. The predicted octanol–water partition coefficient (Wildman–Crippen LogP) is 2.35. The molecule has 0 bridgehead atoms. The van der Waals surface area contributed by atoms with Crippen LogP contribution in [0.1, 0.15) is 17.5 Å². The van der Waals surface area contributed by atoms with Gasteiger partial charge >= 0.3 is 5.97 Å². The van der Waals surface area contributed by atoms with Gasteiger partial charge in [0.25, 0.3) is 10.0 Å². The van der Waals surface area contributed by atoms with Crippen LogP contribution in [0.25, 0.3) is 0 Å². The Labute approximate surface area is 129 Å². The molecule has 0 radical (unpaired) electrons. The van der Waals surface area contributed by atoms with Crippen molar-refractivity contribution in [3.63, 3.8) is 0 Å². The van der Waals surface area contributed by atoms with Crippen LogP contribution >= 0.6 is 15.9 Å². The standard InChI is InChI=1S/C12H11BrN2O5S/c1-2-15(8-3-5-14-6-4-8)21(18,19)10-7-9(12(16)17)20-11(10)13/h3-7H,2H2,1H3,(H,16,17). The Morgan fingerprint density at radius 2 is 2.05 bits per heavy atom. The molecule has 0 aromatic carbocycles. The van der Waals surface area contributed by atoms with Gasteiger partial charge in [0.1, 0.15) is 4.90 Å². The van der Waals surface area contributed by atoms with E-state index in [0.717, 1.165) is 10.4 Å². The molecule has 0 aliphatic carbocycles. The third-order valence-electron chi connectivity index (χ3n) is 2.67. The summed E-state index contributed by atoms with van der Waals surface area (Å²) in [5.41, 5.74) is 0.428. The first-order valence-electron chi connectivity index (χ1n) is 5.83. The normalized spacial score (nSPS) is 11.3. The van der Waals surface area contributed by atoms with Crippen molar-refractivity contribution in [2.24, 2.45) is 0 Å². The van der Waals surface area contributed by atoms with E-state index < -0.39 is 21.8 Å². The Kier molecular flexibility index (Phi) is 4.33. The van der Waals surface area contributed by atoms with Crippen LogP contribution in [0.5, 0.6) is 0 Å². The van der Waals surface area contributed by atoms with E-state index in [1.807, 2.05) is 0 Å². The second-order valence-corrected chi connectivity index (χ2v) is 6.48. The fourth-order valence-electron chi connectivity index (χ4n) is 1.75. The van der Waals surface area contributed by atoms with Gasteiger partial charge in [-0.15, -0.1) is 0 Å². The van der Waals surface area contributed by atoms with Crippen molar-refractivity contribution >= 4 is 37.6 Å². The lowest BCUT2D eigenvalue weighted by molar-refractivity contribution is 0.0661. The van der Waals surface area contributed by atoms with Crippen molar-refractivity contribution in [3.05, 3.63) is 41.0 Å². The molecule has 112 valence electrons. The highest BCUT2D eigenvalue weighted by atomic mass is 79.9. The molecule has 0 amide bonds. The summed E-state index contributed by atoms with van der Waals surface area (Å²) in [5, 5.41) is 8.87. The second-order valence-electron chi connectivity index (χ2n) is 3.93. The Morgan fingerprint density at radius 1 is 1.43 bits per heavy atom. The fraction of sp³-hybridized carbons (Fsp3) is 0.167. The zero-order chi connectivity index (χ0) is 15.6. The number of rotatable bonds is 5. The number of furan rings is 1. The lowest BCUT2D eigenvalue weighted by Gasteiger charge is -2.21. The molecule has 2 aromatic heterocycles. The van der Waals surface area contributed by atoms with Gasteiger partial charge in [0.15, 0.2) is 4.67 Å². The minimum absolute atomic E-state index is 0.146. The molecule has 0 unspecified atom stereocenters. The summed E-state index contributed by atoms with van der Waals surface area (Å²) < 4.78 is 31.2. The maximum atomic E-state index is 12.6. The molecule has 7 nitrogen and oxygen atoms in total. The highest BCUT2D eigenvalue weighted by Gasteiger charge is 2.30. The van der Waals surface area contributed by atoms with Gasteiger partial charge < -0.3 is 9.52 Å². The van der Waals surface area contributed by atoms with Gasteiger partial charge in [-0.05, 0) is 35.0 Å². The van der Waals surface area contributed by atoms with E-state index in [1.54, 1.807) is 19.1 Å². The Hall–Kier alpha value is -1.87. The van der Waals surface area contributed by atoms with Gasteiger partial charge in [-0.3, -0.25) is 9.29 Å². The molecule has 0 spiro atoms. The zero-order valence-corrected chi connectivity index (χ0v) is 13.3. The van der Waals surface area contributed by atoms with E-state index in [9.17, 15) is 13.2 Å². The molecule has 0 aliphatic heterocycles. The number of carbonyl (C=O) groups is 1. The van der Waals surface area contributed by atoms with E-state index in [1.165, 1.54) is 12.4 Å². The first-order chi connectivity index (χ1) is 9.87. The van der Waals surface area contributed by atoms with Gasteiger partial charge in [-0.2, -0.15) is 0 Å². The molecule has 0 saturated heterocycles. The van der Waals surface area contributed by atoms with Crippen LogP contribution in [-0.2, 0) is 10.0 Å². The van der Waals surface area contributed by atoms with Crippen LogP contribution in [0.15, 0.2) is 44.6 Å². The van der Waals surface area contributed by atoms with Crippen molar-refractivity contribution < 1.29 is 22.7 Å². The topological polar surface area (TPSA) is 101 Å². The third-order valence-corrected chi connectivity index (χ3v) is 5.43. The number of carboxylic acid groups (broad SMARTS) is 1.